The quantitative estimate of drug-likeness (QED) is 0.292. The molecule has 0 heterocycles. The summed E-state index contributed by atoms with van der Waals surface area (Å²) in [6.45, 7) is 2.26. The second-order valence-electron chi connectivity index (χ2n) is 10.3. The predicted octanol–water partition coefficient (Wildman–Crippen LogP) is 9.66. The van der Waals surface area contributed by atoms with Crippen LogP contribution in [0.25, 0.3) is 10.8 Å². The summed E-state index contributed by atoms with van der Waals surface area (Å²) >= 11 is 0. The van der Waals surface area contributed by atoms with Crippen molar-refractivity contribution in [2.24, 2.45) is 17.8 Å². The van der Waals surface area contributed by atoms with Gasteiger partial charge in [-0.3, -0.25) is 0 Å². The van der Waals surface area contributed by atoms with Crippen molar-refractivity contribution >= 4 is 10.8 Å². The van der Waals surface area contributed by atoms with Gasteiger partial charge in [0.1, 0.15) is 5.82 Å². The van der Waals surface area contributed by atoms with Crippen molar-refractivity contribution in [1.29, 1.82) is 0 Å². The topological polar surface area (TPSA) is 0 Å². The smallest absolute Gasteiger partial charge is 0.206 e. The van der Waals surface area contributed by atoms with E-state index in [0.717, 1.165) is 48.3 Å². The third-order valence-electron chi connectivity index (χ3n) is 8.16. The molecule has 4 atom stereocenters. The highest BCUT2D eigenvalue weighted by Crippen LogP contribution is 2.49. The standard InChI is InChI=1S/C28H36F4/c1-2-3-4-5-6-7-19-8-9-21-15-22(11-10-20(21)14-19)24-16-23-12-13-25(28(30,31)32)18-26(23)27(29)17-24/h12-13,16-22H,2-11,14-15H2,1H3/t19-,20?,21-,22?/m1/s1. The molecule has 4 rings (SSSR count). The van der Waals surface area contributed by atoms with Crippen LogP contribution in [0.4, 0.5) is 17.6 Å². The summed E-state index contributed by atoms with van der Waals surface area (Å²) in [4.78, 5) is 0. The minimum absolute atomic E-state index is 0.0664. The second-order valence-corrected chi connectivity index (χ2v) is 10.3. The van der Waals surface area contributed by atoms with Gasteiger partial charge in [0.25, 0.3) is 0 Å². The molecule has 176 valence electrons. The van der Waals surface area contributed by atoms with E-state index in [9.17, 15) is 17.6 Å². The number of unbranched alkanes of at least 4 members (excludes halogenated alkanes) is 4. The Balaban J connectivity index is 1.37. The van der Waals surface area contributed by atoms with Crippen molar-refractivity contribution in [1.82, 2.24) is 0 Å². The van der Waals surface area contributed by atoms with E-state index < -0.39 is 17.6 Å². The Hall–Kier alpha value is -1.58. The van der Waals surface area contributed by atoms with Gasteiger partial charge >= 0.3 is 6.18 Å². The van der Waals surface area contributed by atoms with Crippen LogP contribution >= 0.6 is 0 Å². The van der Waals surface area contributed by atoms with Crippen molar-refractivity contribution in [3.05, 3.63) is 47.3 Å². The highest BCUT2D eigenvalue weighted by molar-refractivity contribution is 5.84. The summed E-state index contributed by atoms with van der Waals surface area (Å²) in [5, 5.41) is 0.638. The number of alkyl halides is 3. The monoisotopic (exact) mass is 448 g/mol. The zero-order valence-electron chi connectivity index (χ0n) is 19.2. The molecule has 0 saturated heterocycles. The van der Waals surface area contributed by atoms with E-state index in [0.29, 0.717) is 11.3 Å². The zero-order chi connectivity index (χ0) is 22.7. The number of benzene rings is 2. The van der Waals surface area contributed by atoms with Gasteiger partial charge < -0.3 is 0 Å². The Bertz CT molecular complexity index is 900. The highest BCUT2D eigenvalue weighted by atomic mass is 19.4. The molecule has 2 aliphatic carbocycles. The number of hydrogen-bond donors (Lipinski definition) is 0. The first-order valence-electron chi connectivity index (χ1n) is 12.7. The zero-order valence-corrected chi connectivity index (χ0v) is 19.2. The molecule has 2 aromatic carbocycles. The SMILES string of the molecule is CCCCCCC[C@@H]1CC[C@@H]2CC(c3cc(F)c4cc(C(F)(F)F)ccc4c3)CCC2C1. The maximum absolute atomic E-state index is 14.8. The maximum atomic E-state index is 14.8. The lowest BCUT2D eigenvalue weighted by molar-refractivity contribution is -0.137. The van der Waals surface area contributed by atoms with Crippen molar-refractivity contribution in [2.45, 2.75) is 96.1 Å². The summed E-state index contributed by atoms with van der Waals surface area (Å²) in [7, 11) is 0. The molecular weight excluding hydrogens is 412 g/mol. The lowest BCUT2D eigenvalue weighted by atomic mass is 9.63. The van der Waals surface area contributed by atoms with Gasteiger partial charge in [-0.05, 0) is 84.9 Å². The Labute approximate surface area is 189 Å². The van der Waals surface area contributed by atoms with Crippen LogP contribution < -0.4 is 0 Å². The predicted molar refractivity (Wildman–Crippen MR) is 123 cm³/mol. The average molecular weight is 449 g/mol. The second kappa shape index (κ2) is 10.1. The van der Waals surface area contributed by atoms with E-state index in [1.807, 2.05) is 6.07 Å². The number of hydrogen-bond acceptors (Lipinski definition) is 0. The molecule has 0 aliphatic heterocycles. The first-order valence-corrected chi connectivity index (χ1v) is 12.7. The van der Waals surface area contributed by atoms with Crippen LogP contribution in [0.1, 0.15) is 101 Å². The first-order chi connectivity index (χ1) is 15.3. The van der Waals surface area contributed by atoms with Gasteiger partial charge in [0.15, 0.2) is 0 Å². The van der Waals surface area contributed by atoms with E-state index in [1.165, 1.54) is 76.3 Å². The Morgan fingerprint density at radius 3 is 2.38 bits per heavy atom. The lowest BCUT2D eigenvalue weighted by Crippen LogP contribution is -2.30. The molecule has 32 heavy (non-hydrogen) atoms. The van der Waals surface area contributed by atoms with Gasteiger partial charge in [0, 0.05) is 5.39 Å². The van der Waals surface area contributed by atoms with Gasteiger partial charge in [-0.25, -0.2) is 4.39 Å². The van der Waals surface area contributed by atoms with E-state index in [2.05, 4.69) is 6.92 Å². The fourth-order valence-electron chi connectivity index (χ4n) is 6.33. The van der Waals surface area contributed by atoms with Crippen LogP contribution in [-0.4, -0.2) is 0 Å². The van der Waals surface area contributed by atoms with Crippen molar-refractivity contribution in [3.8, 4) is 0 Å². The van der Waals surface area contributed by atoms with Gasteiger partial charge in [-0.1, -0.05) is 64.0 Å². The fraction of sp³-hybridized carbons (Fsp3) is 0.643. The summed E-state index contributed by atoms with van der Waals surface area (Å²) in [5.41, 5.74) is 0.172. The van der Waals surface area contributed by atoms with Gasteiger partial charge in [-0.15, -0.1) is 0 Å². The van der Waals surface area contributed by atoms with E-state index in [-0.39, 0.29) is 5.39 Å². The number of rotatable bonds is 7. The largest absolute Gasteiger partial charge is 0.416 e. The number of fused-ring (bicyclic) bond motifs is 2. The lowest BCUT2D eigenvalue weighted by Gasteiger charge is -2.42. The van der Waals surface area contributed by atoms with Gasteiger partial charge in [-0.2, -0.15) is 13.2 Å². The van der Waals surface area contributed by atoms with Crippen molar-refractivity contribution in [2.75, 3.05) is 0 Å². The average Bonchev–Trinajstić information content (AvgIpc) is 2.77. The fourth-order valence-corrected chi connectivity index (χ4v) is 6.33. The third-order valence-corrected chi connectivity index (χ3v) is 8.16. The molecule has 4 heteroatoms. The third kappa shape index (κ3) is 5.48. The summed E-state index contributed by atoms with van der Waals surface area (Å²) < 4.78 is 53.8. The summed E-state index contributed by atoms with van der Waals surface area (Å²) in [6, 6.07) is 6.84. The molecule has 2 aliphatic rings. The molecule has 0 aromatic heterocycles. The van der Waals surface area contributed by atoms with Crippen molar-refractivity contribution in [3.63, 3.8) is 0 Å². The van der Waals surface area contributed by atoms with Crippen LogP contribution in [0.5, 0.6) is 0 Å². The van der Waals surface area contributed by atoms with Crippen LogP contribution in [0.15, 0.2) is 30.3 Å². The molecule has 0 nitrogen and oxygen atoms in total. The van der Waals surface area contributed by atoms with E-state index in [1.54, 1.807) is 0 Å². The maximum Gasteiger partial charge on any atom is 0.416 e. The molecule has 2 fully saturated rings. The molecule has 2 aromatic rings. The Morgan fingerprint density at radius 2 is 1.59 bits per heavy atom. The van der Waals surface area contributed by atoms with Crippen LogP contribution in [-0.2, 0) is 6.18 Å². The molecular formula is C28H36F4. The normalized spacial score (nSPS) is 26.3. The first kappa shape index (κ1) is 23.6. The van der Waals surface area contributed by atoms with Crippen LogP contribution in [0.2, 0.25) is 0 Å². The molecule has 0 N–H and O–H groups in total. The molecule has 0 spiro atoms. The highest BCUT2D eigenvalue weighted by Gasteiger charge is 2.36. The summed E-state index contributed by atoms with van der Waals surface area (Å²) in [5.74, 6) is 2.20. The molecule has 0 bridgehead atoms. The molecule has 2 unspecified atom stereocenters. The Morgan fingerprint density at radius 1 is 0.844 bits per heavy atom. The summed E-state index contributed by atoms with van der Waals surface area (Å²) in [6.07, 6.45) is 11.0. The minimum atomic E-state index is -4.45. The van der Waals surface area contributed by atoms with Crippen LogP contribution in [0.3, 0.4) is 0 Å². The van der Waals surface area contributed by atoms with Crippen LogP contribution in [0, 0.1) is 23.6 Å². The Kier molecular flexibility index (Phi) is 7.47. The van der Waals surface area contributed by atoms with E-state index >= 15 is 0 Å². The minimum Gasteiger partial charge on any atom is -0.206 e. The molecule has 0 radical (unpaired) electrons. The van der Waals surface area contributed by atoms with Gasteiger partial charge in [0.2, 0.25) is 0 Å². The molecule has 0 amide bonds. The number of halogens is 4. The molecule has 2 saturated carbocycles. The van der Waals surface area contributed by atoms with Gasteiger partial charge in [0.05, 0.1) is 5.56 Å². The van der Waals surface area contributed by atoms with E-state index in [4.69, 9.17) is 0 Å². The van der Waals surface area contributed by atoms with Crippen molar-refractivity contribution < 1.29 is 17.6 Å².